The largest absolute Gasteiger partial charge is 0.545 e. The summed E-state index contributed by atoms with van der Waals surface area (Å²) in [5.74, 6) is 2.90. The number of benzene rings is 1. The summed E-state index contributed by atoms with van der Waals surface area (Å²) in [5.41, 5.74) is 3.76. The summed E-state index contributed by atoms with van der Waals surface area (Å²) in [4.78, 5) is 0. The summed E-state index contributed by atoms with van der Waals surface area (Å²) in [7, 11) is 0.0948. The fourth-order valence-corrected chi connectivity index (χ4v) is 5.48. The van der Waals surface area contributed by atoms with Crippen LogP contribution in [0.1, 0.15) is 52.7 Å². The fourth-order valence-electron chi connectivity index (χ4n) is 3.44. The molecule has 2 rings (SSSR count). The molecule has 0 fully saturated rings. The highest BCUT2D eigenvalue weighted by Crippen LogP contribution is 2.50. The summed E-state index contributed by atoms with van der Waals surface area (Å²) < 4.78 is 18.7. The topological polar surface area (TPSA) is 27.7 Å². The molecule has 0 N–H and O–H groups in total. The molecule has 2 radical (unpaired) electrons. The van der Waals surface area contributed by atoms with E-state index in [1.807, 2.05) is 6.07 Å². The minimum Gasteiger partial charge on any atom is -0.545 e. The number of fused-ring (bicyclic) bond motifs is 1. The molecule has 0 saturated heterocycles. The molecule has 1 unspecified atom stereocenters. The first kappa shape index (κ1) is 22.1. The first-order chi connectivity index (χ1) is 12.3. The van der Waals surface area contributed by atoms with Crippen LogP contribution in [-0.4, -0.2) is 30.7 Å². The zero-order valence-electron chi connectivity index (χ0n) is 19.0. The van der Waals surface area contributed by atoms with E-state index in [2.05, 4.69) is 73.8 Å². The quantitative estimate of drug-likeness (QED) is 0.450. The lowest BCUT2D eigenvalue weighted by atomic mass is 9.79. The monoisotopic (exact) mass is 404 g/mol. The van der Waals surface area contributed by atoms with Crippen molar-refractivity contribution in [1.29, 1.82) is 0 Å². The summed E-state index contributed by atoms with van der Waals surface area (Å²) in [5, 5.41) is 0. The molecule has 1 aliphatic rings. The molecule has 3 nitrogen and oxygen atoms in total. The van der Waals surface area contributed by atoms with Gasteiger partial charge in [-0.1, -0.05) is 54.6 Å². The molecule has 1 heterocycles. The molecular weight excluding hydrogens is 368 g/mol. The van der Waals surface area contributed by atoms with Gasteiger partial charge in [0.25, 0.3) is 9.04 Å². The average molecular weight is 405 g/mol. The Morgan fingerprint density at radius 3 is 2.00 bits per heavy atom. The highest BCUT2D eigenvalue weighted by atomic mass is 28.3. The van der Waals surface area contributed by atoms with Gasteiger partial charge < -0.3 is 13.9 Å². The second-order valence-corrected chi connectivity index (χ2v) is 14.6. The van der Waals surface area contributed by atoms with Gasteiger partial charge in [0.1, 0.15) is 26.0 Å². The zero-order valence-corrected chi connectivity index (χ0v) is 21.0. The Morgan fingerprint density at radius 2 is 1.59 bits per heavy atom. The maximum atomic E-state index is 6.56. The first-order valence-corrected chi connectivity index (χ1v) is 14.7. The van der Waals surface area contributed by atoms with Gasteiger partial charge in [-0.25, -0.2) is 0 Å². The van der Waals surface area contributed by atoms with Crippen molar-refractivity contribution in [2.24, 2.45) is 5.41 Å². The van der Waals surface area contributed by atoms with Crippen molar-refractivity contribution in [2.45, 2.75) is 78.9 Å². The SMILES string of the molecule is COc1cc2c(c(C(C)(C)C)c1)C(=C(O[Si](C)C)C(C)(C)C)C([Si](C)C)O2. The predicted molar refractivity (Wildman–Crippen MR) is 119 cm³/mol. The lowest BCUT2D eigenvalue weighted by molar-refractivity contribution is 0.289. The molecule has 0 saturated carbocycles. The van der Waals surface area contributed by atoms with Crippen LogP contribution in [0.15, 0.2) is 17.9 Å². The molecule has 0 bridgehead atoms. The Kier molecular flexibility index (Phi) is 6.27. The van der Waals surface area contributed by atoms with Crippen molar-refractivity contribution in [3.8, 4) is 11.5 Å². The normalized spacial score (nSPS) is 19.2. The lowest BCUT2D eigenvalue weighted by Gasteiger charge is -2.31. The molecule has 1 aliphatic heterocycles. The van der Waals surface area contributed by atoms with Crippen molar-refractivity contribution in [1.82, 2.24) is 0 Å². The Balaban J connectivity index is 2.91. The number of allylic oxidation sites excluding steroid dienone is 1. The molecule has 0 aliphatic carbocycles. The van der Waals surface area contributed by atoms with Crippen LogP contribution >= 0.6 is 0 Å². The van der Waals surface area contributed by atoms with Crippen LogP contribution in [-0.2, 0) is 9.84 Å². The second-order valence-electron chi connectivity index (χ2n) is 9.88. The van der Waals surface area contributed by atoms with Crippen molar-refractivity contribution < 1.29 is 13.9 Å². The van der Waals surface area contributed by atoms with Gasteiger partial charge in [0, 0.05) is 22.6 Å². The van der Waals surface area contributed by atoms with E-state index >= 15 is 0 Å². The number of methoxy groups -OCH3 is 1. The third-order valence-electron chi connectivity index (χ3n) is 4.65. The number of ether oxygens (including phenoxy) is 2. The molecule has 5 heteroatoms. The summed E-state index contributed by atoms with van der Waals surface area (Å²) in [6.07, 6.45) is 0. The minimum atomic E-state index is -0.890. The van der Waals surface area contributed by atoms with Crippen LogP contribution < -0.4 is 9.47 Å². The maximum absolute atomic E-state index is 6.56. The number of rotatable bonds is 4. The molecule has 150 valence electrons. The smallest absolute Gasteiger partial charge is 0.273 e. The third kappa shape index (κ3) is 4.62. The zero-order chi connectivity index (χ0) is 20.7. The highest BCUT2D eigenvalue weighted by molar-refractivity contribution is 6.60. The Bertz CT molecular complexity index is 722. The van der Waals surface area contributed by atoms with Gasteiger partial charge in [-0.3, -0.25) is 0 Å². The van der Waals surface area contributed by atoms with Crippen LogP contribution in [0, 0.1) is 5.41 Å². The van der Waals surface area contributed by atoms with Gasteiger partial charge in [-0.2, -0.15) is 0 Å². The van der Waals surface area contributed by atoms with Crippen LogP contribution in [0.3, 0.4) is 0 Å². The van der Waals surface area contributed by atoms with E-state index in [-0.39, 0.29) is 16.6 Å². The third-order valence-corrected chi connectivity index (χ3v) is 6.72. The lowest BCUT2D eigenvalue weighted by Crippen LogP contribution is -2.32. The van der Waals surface area contributed by atoms with Crippen molar-refractivity contribution in [3.05, 3.63) is 29.0 Å². The fraction of sp³-hybridized carbons (Fsp3) is 0.636. The van der Waals surface area contributed by atoms with Gasteiger partial charge in [0.15, 0.2) is 0 Å². The highest BCUT2D eigenvalue weighted by Gasteiger charge is 2.41. The summed E-state index contributed by atoms with van der Waals surface area (Å²) >= 11 is 0. The summed E-state index contributed by atoms with van der Waals surface area (Å²) in [6.45, 7) is 22.5. The molecule has 1 aromatic carbocycles. The van der Waals surface area contributed by atoms with E-state index in [0.717, 1.165) is 17.3 Å². The van der Waals surface area contributed by atoms with Gasteiger partial charge >= 0.3 is 0 Å². The van der Waals surface area contributed by atoms with E-state index in [1.54, 1.807) is 7.11 Å². The molecular formula is C22H36O3Si2. The van der Waals surface area contributed by atoms with Crippen molar-refractivity contribution in [3.63, 3.8) is 0 Å². The van der Waals surface area contributed by atoms with Gasteiger partial charge in [-0.15, -0.1) is 0 Å². The Hall–Kier alpha value is -1.21. The van der Waals surface area contributed by atoms with Crippen LogP contribution in [0.4, 0.5) is 0 Å². The van der Waals surface area contributed by atoms with Crippen LogP contribution in [0.25, 0.3) is 5.57 Å². The van der Waals surface area contributed by atoms with E-state index in [4.69, 9.17) is 13.9 Å². The minimum absolute atomic E-state index is 0.0221. The van der Waals surface area contributed by atoms with Crippen molar-refractivity contribution in [2.75, 3.05) is 7.11 Å². The number of hydrogen-bond acceptors (Lipinski definition) is 3. The molecule has 0 spiro atoms. The van der Waals surface area contributed by atoms with Gasteiger partial charge in [-0.05, 0) is 30.1 Å². The van der Waals surface area contributed by atoms with E-state index in [1.165, 1.54) is 16.7 Å². The molecule has 0 amide bonds. The summed E-state index contributed by atoms with van der Waals surface area (Å²) in [6, 6.07) is 4.21. The van der Waals surface area contributed by atoms with E-state index in [9.17, 15) is 0 Å². The van der Waals surface area contributed by atoms with Gasteiger partial charge in [0.05, 0.1) is 12.9 Å². The van der Waals surface area contributed by atoms with E-state index in [0.29, 0.717) is 0 Å². The van der Waals surface area contributed by atoms with Gasteiger partial charge in [0.2, 0.25) is 0 Å². The molecule has 1 aromatic rings. The van der Waals surface area contributed by atoms with E-state index < -0.39 is 17.8 Å². The number of hydrogen-bond donors (Lipinski definition) is 0. The molecule has 1 atom stereocenters. The molecule has 27 heavy (non-hydrogen) atoms. The maximum Gasteiger partial charge on any atom is 0.273 e. The first-order valence-electron chi connectivity index (χ1n) is 9.69. The van der Waals surface area contributed by atoms with Crippen LogP contribution in [0.5, 0.6) is 11.5 Å². The standard InChI is InChI=1S/C22H36O3Si2/c1-21(2,3)15-12-14(23-7)13-16-17(15)18(20(24-16)26(8)9)19(22(4,5)6)25-27(10)11/h12-13,20H,1-11H3. The second kappa shape index (κ2) is 7.66. The average Bonchev–Trinajstić information content (AvgIpc) is 2.88. The Labute approximate surface area is 169 Å². The van der Waals surface area contributed by atoms with Crippen molar-refractivity contribution >= 4 is 23.4 Å². The molecule has 0 aromatic heterocycles. The van der Waals surface area contributed by atoms with Crippen LogP contribution in [0.2, 0.25) is 26.2 Å². The Morgan fingerprint density at radius 1 is 1.00 bits per heavy atom. The predicted octanol–water partition coefficient (Wildman–Crippen LogP) is 6.07.